The summed E-state index contributed by atoms with van der Waals surface area (Å²) in [5.41, 5.74) is 4.90. The normalized spacial score (nSPS) is 17.8. The number of H-pyrrole nitrogens is 1. The van der Waals surface area contributed by atoms with E-state index < -0.39 is 17.1 Å². The zero-order valence-corrected chi connectivity index (χ0v) is 35.1. The number of carbonyl (C=O) groups excluding carboxylic acids is 3. The number of rotatable bonds is 14. The molecule has 2 saturated carbocycles. The minimum atomic E-state index is -1.14. The first-order chi connectivity index (χ1) is 25.8. The summed E-state index contributed by atoms with van der Waals surface area (Å²) in [4.78, 5) is 56.5. The number of hydrogen-bond acceptors (Lipinski definition) is 8. The third kappa shape index (κ3) is 12.7. The number of pyridine rings is 1. The first-order valence-corrected chi connectivity index (χ1v) is 21.4. The molecule has 0 bridgehead atoms. The Kier molecular flexibility index (Phi) is 17.7. The molecule has 2 aromatic heterocycles. The molecular weight excluding hydrogens is 723 g/mol. The predicted molar refractivity (Wildman–Crippen MR) is 221 cm³/mol. The molecule has 0 radical (unpaired) electrons. The van der Waals surface area contributed by atoms with E-state index in [2.05, 4.69) is 47.4 Å². The molecule has 54 heavy (non-hydrogen) atoms. The van der Waals surface area contributed by atoms with Gasteiger partial charge in [0.2, 0.25) is 12.3 Å². The lowest BCUT2D eigenvalue weighted by atomic mass is 10.0. The van der Waals surface area contributed by atoms with Crippen molar-refractivity contribution in [2.24, 2.45) is 0 Å². The van der Waals surface area contributed by atoms with Crippen LogP contribution in [0.25, 0.3) is 22.3 Å². The van der Waals surface area contributed by atoms with Crippen LogP contribution in [0.4, 0.5) is 0 Å². The second kappa shape index (κ2) is 21.4. The van der Waals surface area contributed by atoms with Gasteiger partial charge in [0, 0.05) is 41.9 Å². The minimum Gasteiger partial charge on any atom is -0.369 e. The number of carbonyl (C=O) groups is 3. The van der Waals surface area contributed by atoms with Crippen LogP contribution in [0.5, 0.6) is 0 Å². The monoisotopic (exact) mass is 783 g/mol. The number of aryl methyl sites for hydroxylation is 2. The summed E-state index contributed by atoms with van der Waals surface area (Å²) in [5, 5.41) is 6.84. The number of fused-ring (bicyclic) bond motifs is 1. The molecule has 1 saturated heterocycles. The van der Waals surface area contributed by atoms with Crippen molar-refractivity contribution < 1.29 is 23.3 Å². The van der Waals surface area contributed by atoms with Crippen LogP contribution in [0.15, 0.2) is 41.0 Å². The number of benzene rings is 1. The molecule has 2 aliphatic carbocycles. The lowest BCUT2D eigenvalue weighted by Gasteiger charge is -2.26. The highest BCUT2D eigenvalue weighted by Crippen LogP contribution is 2.39. The molecule has 11 nitrogen and oxygen atoms in total. The van der Waals surface area contributed by atoms with Gasteiger partial charge in [-0.05, 0) is 103 Å². The Hall–Kier alpha value is -3.68. The summed E-state index contributed by atoms with van der Waals surface area (Å²) in [6.45, 7) is 20.9. The molecule has 0 spiro atoms. The predicted octanol–water partition coefficient (Wildman–Crippen LogP) is 7.38. The zero-order chi connectivity index (χ0) is 40.0. The van der Waals surface area contributed by atoms with E-state index in [1.807, 2.05) is 51.3 Å². The maximum atomic E-state index is 12.5. The number of ether oxygens (including phenoxy) is 1. The maximum absolute atomic E-state index is 12.5. The zero-order valence-electron chi connectivity index (χ0n) is 33.4. The van der Waals surface area contributed by atoms with E-state index in [1.54, 1.807) is 29.2 Å². The van der Waals surface area contributed by atoms with E-state index in [4.69, 9.17) is 4.74 Å². The van der Waals surface area contributed by atoms with Crippen LogP contribution in [-0.4, -0.2) is 73.4 Å². The molecule has 1 aliphatic heterocycles. The molecule has 3 heterocycles. The second-order valence-corrected chi connectivity index (χ2v) is 17.1. The Morgan fingerprint density at radius 1 is 1.17 bits per heavy atom. The van der Waals surface area contributed by atoms with Crippen molar-refractivity contribution in [1.29, 1.82) is 0 Å². The van der Waals surface area contributed by atoms with Crippen molar-refractivity contribution in [1.82, 2.24) is 24.9 Å². The fourth-order valence-corrected chi connectivity index (χ4v) is 7.39. The molecule has 3 fully saturated rings. The van der Waals surface area contributed by atoms with Crippen molar-refractivity contribution in [3.63, 3.8) is 0 Å². The number of allylic oxidation sites excluding steroid dienone is 1. The highest BCUT2D eigenvalue weighted by Gasteiger charge is 2.44. The summed E-state index contributed by atoms with van der Waals surface area (Å²) in [6, 6.07) is 5.56. The molecule has 1 aromatic carbocycles. The molecule has 3 amide bonds. The number of aromatic amines is 1. The lowest BCUT2D eigenvalue weighted by molar-refractivity contribution is -0.147. The second-order valence-electron chi connectivity index (χ2n) is 14.4. The standard InChI is InChI=1S/C17H28N2O3.C17H18N2OS.C5H9NO2S.C2H6/c1-3-4-5-6-12-22-13(2)17(21)19-11-7-8-15(19)16(20)18-14-9-10-14;1-9(2)17-19-14(8-21-17)13-7-15(20)12-6-5-10(3)11(4)16(12)18-13;1-5(2-3-5)9(8)6-4-7;1-2/h3,13-15H,1,4-12H2,2H3,(H,18,20);5-9H,1-4H3,(H,18,20);4H,2-3H2,1H3,(H,6,7);1-2H3/t13-,15?;;;/m1.../s1. The van der Waals surface area contributed by atoms with Crippen LogP contribution in [0.1, 0.15) is 121 Å². The van der Waals surface area contributed by atoms with Gasteiger partial charge in [-0.15, -0.1) is 17.9 Å². The minimum absolute atomic E-state index is 0.00605. The van der Waals surface area contributed by atoms with Crippen LogP contribution < -0.4 is 15.5 Å². The van der Waals surface area contributed by atoms with Crippen molar-refractivity contribution in [2.75, 3.05) is 13.2 Å². The van der Waals surface area contributed by atoms with Gasteiger partial charge < -0.3 is 19.9 Å². The van der Waals surface area contributed by atoms with Crippen LogP contribution in [0.2, 0.25) is 0 Å². The molecule has 298 valence electrons. The van der Waals surface area contributed by atoms with Crippen LogP contribution >= 0.6 is 11.3 Å². The van der Waals surface area contributed by atoms with Gasteiger partial charge >= 0.3 is 0 Å². The van der Waals surface area contributed by atoms with Gasteiger partial charge in [0.25, 0.3) is 5.91 Å². The van der Waals surface area contributed by atoms with Crippen molar-refractivity contribution >= 4 is 51.4 Å². The summed E-state index contributed by atoms with van der Waals surface area (Å²) < 4.78 is 18.7. The number of thiazole rings is 1. The Labute approximate surface area is 327 Å². The van der Waals surface area contributed by atoms with Gasteiger partial charge in [-0.3, -0.25) is 23.9 Å². The lowest BCUT2D eigenvalue weighted by Crippen LogP contribution is -2.49. The van der Waals surface area contributed by atoms with Gasteiger partial charge in [-0.1, -0.05) is 39.8 Å². The summed E-state index contributed by atoms with van der Waals surface area (Å²) in [7, 11) is -1.14. The molecule has 2 unspecified atom stereocenters. The summed E-state index contributed by atoms with van der Waals surface area (Å²) in [6.07, 6.45) is 10.5. The average Bonchev–Trinajstić information content (AvgIpc) is 4.00. The molecule has 3 aromatic rings. The fraction of sp³-hybridized carbons (Fsp3) is 0.585. The molecule has 3 atom stereocenters. The third-order valence-corrected chi connectivity index (χ3v) is 12.4. The van der Waals surface area contributed by atoms with Crippen LogP contribution in [0, 0.1) is 13.8 Å². The highest BCUT2D eigenvalue weighted by molar-refractivity contribution is 7.85. The molecule has 3 aliphatic rings. The van der Waals surface area contributed by atoms with Gasteiger partial charge in [0.05, 0.1) is 26.7 Å². The molecule has 3 N–H and O–H groups in total. The quantitative estimate of drug-likeness (QED) is 0.0877. The smallest absolute Gasteiger partial charge is 0.252 e. The SMILES string of the molecule is C=CCCCCO[C@H](C)C(=O)N1CCCC1C(=O)NC1CC1.CC.CC1(S(=O)NC=O)CC1.Cc1ccc2c(=O)cc(-c3csc(C(C)C)n3)[nH]c2c1C. The van der Waals surface area contributed by atoms with Crippen LogP contribution in [-0.2, 0) is 30.1 Å². The number of amides is 3. The number of aromatic nitrogens is 2. The van der Waals surface area contributed by atoms with Crippen molar-refractivity contribution in [3.8, 4) is 11.4 Å². The maximum Gasteiger partial charge on any atom is 0.252 e. The average molecular weight is 784 g/mol. The Morgan fingerprint density at radius 2 is 1.87 bits per heavy atom. The van der Waals surface area contributed by atoms with E-state index in [0.717, 1.165) is 90.6 Å². The van der Waals surface area contributed by atoms with Crippen molar-refractivity contribution in [3.05, 3.63) is 62.6 Å². The fourth-order valence-electron chi connectivity index (χ4n) is 5.71. The largest absolute Gasteiger partial charge is 0.369 e. The molecule has 6 rings (SSSR count). The Balaban J connectivity index is 0.000000229. The molecule has 13 heteroatoms. The van der Waals surface area contributed by atoms with Crippen LogP contribution in [0.3, 0.4) is 0 Å². The number of nitrogens with zero attached hydrogens (tertiary/aromatic N) is 2. The Morgan fingerprint density at radius 3 is 2.46 bits per heavy atom. The van der Waals surface area contributed by atoms with E-state index in [-0.39, 0.29) is 28.0 Å². The number of nitrogens with one attached hydrogen (secondary N) is 3. The van der Waals surface area contributed by atoms with Crippen molar-refractivity contribution in [2.45, 2.75) is 142 Å². The number of unbranched alkanes of at least 4 members (excludes halogenated alkanes) is 2. The summed E-state index contributed by atoms with van der Waals surface area (Å²) in [5.74, 6) is 0.351. The van der Waals surface area contributed by atoms with Gasteiger partial charge in [0.15, 0.2) is 5.43 Å². The van der Waals surface area contributed by atoms with E-state index in [1.165, 1.54) is 5.56 Å². The topological polar surface area (TPSA) is 151 Å². The van der Waals surface area contributed by atoms with E-state index in [9.17, 15) is 23.4 Å². The third-order valence-electron chi connectivity index (χ3n) is 9.67. The van der Waals surface area contributed by atoms with Gasteiger partial charge in [0.1, 0.15) is 23.1 Å². The number of likely N-dealkylation sites (tertiary alicyclic amines) is 1. The van der Waals surface area contributed by atoms with Gasteiger partial charge in [-0.25, -0.2) is 9.19 Å². The summed E-state index contributed by atoms with van der Waals surface area (Å²) >= 11 is 1.64. The first kappa shape index (κ1) is 44.7. The van der Waals surface area contributed by atoms with E-state index >= 15 is 0 Å². The van der Waals surface area contributed by atoms with Gasteiger partial charge in [-0.2, -0.15) is 0 Å². The van der Waals surface area contributed by atoms with E-state index in [0.29, 0.717) is 31.5 Å². The Bertz CT molecular complexity index is 1800. The highest BCUT2D eigenvalue weighted by atomic mass is 32.2. The first-order valence-electron chi connectivity index (χ1n) is 19.3. The molecular formula is C41H61N5O6S2. The number of hydrogen-bond donors (Lipinski definition) is 3.